The van der Waals surface area contributed by atoms with Gasteiger partial charge in [0.1, 0.15) is 11.9 Å². The highest BCUT2D eigenvalue weighted by molar-refractivity contribution is 9.10. The molecule has 23 heavy (non-hydrogen) atoms. The molecule has 1 aliphatic heterocycles. The van der Waals surface area contributed by atoms with E-state index in [9.17, 15) is 0 Å². The minimum Gasteiger partial charge on any atom is -0.383 e. The summed E-state index contributed by atoms with van der Waals surface area (Å²) in [5.74, 6) is 0.509. The van der Waals surface area contributed by atoms with Crippen molar-refractivity contribution in [2.45, 2.75) is 6.10 Å². The number of aromatic nitrogens is 5. The van der Waals surface area contributed by atoms with Gasteiger partial charge in [-0.15, -0.1) is 0 Å². The number of nitrogens with one attached hydrogen (secondary N) is 1. The van der Waals surface area contributed by atoms with Crippen LogP contribution in [0.15, 0.2) is 23.1 Å². The number of ether oxygens (including phenoxy) is 1. The Morgan fingerprint density at radius 2 is 2.26 bits per heavy atom. The van der Waals surface area contributed by atoms with Gasteiger partial charge in [0.05, 0.1) is 29.2 Å². The Hall–Kier alpha value is -1.97. The highest BCUT2D eigenvalue weighted by Crippen LogP contribution is 2.33. The number of hydrogen-bond donors (Lipinski definition) is 2. The lowest BCUT2D eigenvalue weighted by atomic mass is 10.2. The zero-order chi connectivity index (χ0) is 16.0. The smallest absolute Gasteiger partial charge is 0.165 e. The van der Waals surface area contributed by atoms with Crippen LogP contribution < -0.4 is 11.1 Å². The van der Waals surface area contributed by atoms with E-state index in [1.54, 1.807) is 21.6 Å². The molecule has 120 valence electrons. The van der Waals surface area contributed by atoms with E-state index in [2.05, 4.69) is 31.4 Å². The largest absolute Gasteiger partial charge is 0.383 e. The summed E-state index contributed by atoms with van der Waals surface area (Å²) in [6.45, 7) is 2.20. The third kappa shape index (κ3) is 2.41. The predicted octanol–water partition coefficient (Wildman–Crippen LogP) is 1.14. The zero-order valence-corrected chi connectivity index (χ0v) is 14.1. The van der Waals surface area contributed by atoms with Gasteiger partial charge in [-0.25, -0.2) is 4.98 Å². The first kappa shape index (κ1) is 14.6. The van der Waals surface area contributed by atoms with Gasteiger partial charge in [0, 0.05) is 37.5 Å². The van der Waals surface area contributed by atoms with Gasteiger partial charge >= 0.3 is 0 Å². The maximum Gasteiger partial charge on any atom is 0.165 e. The van der Waals surface area contributed by atoms with Crippen molar-refractivity contribution in [1.29, 1.82) is 0 Å². The quantitative estimate of drug-likeness (QED) is 0.695. The van der Waals surface area contributed by atoms with Crippen molar-refractivity contribution < 1.29 is 4.74 Å². The molecule has 9 heteroatoms. The molecule has 0 radical (unpaired) electrons. The molecule has 1 aliphatic rings. The molecular formula is C14H16BrN7O. The van der Waals surface area contributed by atoms with Crippen molar-refractivity contribution in [3.05, 3.63) is 28.8 Å². The number of nitrogens with two attached hydrogens (primary N) is 1. The fourth-order valence-corrected chi connectivity index (χ4v) is 3.24. The van der Waals surface area contributed by atoms with E-state index in [-0.39, 0.29) is 6.10 Å². The number of nitrogens with zero attached hydrogens (tertiary/aromatic N) is 5. The molecule has 0 saturated carbocycles. The second-order valence-corrected chi connectivity index (χ2v) is 6.25. The molecule has 0 spiro atoms. The van der Waals surface area contributed by atoms with Crippen molar-refractivity contribution in [3.63, 3.8) is 0 Å². The topological polar surface area (TPSA) is 95.3 Å². The van der Waals surface area contributed by atoms with Crippen LogP contribution in [0.5, 0.6) is 0 Å². The molecule has 1 fully saturated rings. The molecule has 0 aromatic carbocycles. The second kappa shape index (κ2) is 5.59. The van der Waals surface area contributed by atoms with Crippen molar-refractivity contribution in [2.75, 3.05) is 25.4 Å². The van der Waals surface area contributed by atoms with E-state index >= 15 is 0 Å². The van der Waals surface area contributed by atoms with Crippen molar-refractivity contribution in [1.82, 2.24) is 29.7 Å². The number of aryl methyl sites for hydroxylation is 1. The number of fused-ring (bicyclic) bond motifs is 1. The van der Waals surface area contributed by atoms with Gasteiger partial charge in [0.15, 0.2) is 5.65 Å². The summed E-state index contributed by atoms with van der Waals surface area (Å²) in [5.41, 5.74) is 9.56. The van der Waals surface area contributed by atoms with Gasteiger partial charge < -0.3 is 15.8 Å². The number of rotatable bonds is 2. The Kier molecular flexibility index (Phi) is 3.55. The lowest BCUT2D eigenvalue weighted by Crippen LogP contribution is -2.34. The molecular weight excluding hydrogens is 362 g/mol. The van der Waals surface area contributed by atoms with Gasteiger partial charge in [0.25, 0.3) is 0 Å². The van der Waals surface area contributed by atoms with Crippen molar-refractivity contribution in [3.8, 4) is 11.1 Å². The van der Waals surface area contributed by atoms with E-state index in [0.29, 0.717) is 24.6 Å². The molecule has 0 aliphatic carbocycles. The van der Waals surface area contributed by atoms with Crippen LogP contribution in [0, 0.1) is 0 Å². The van der Waals surface area contributed by atoms with E-state index in [0.717, 1.165) is 27.8 Å². The lowest BCUT2D eigenvalue weighted by Gasteiger charge is -2.24. The fraction of sp³-hybridized carbons (Fsp3) is 0.357. The van der Waals surface area contributed by atoms with Crippen molar-refractivity contribution >= 4 is 27.4 Å². The number of halogens is 1. The molecule has 3 N–H and O–H groups in total. The number of morpholine rings is 1. The highest BCUT2D eigenvalue weighted by atomic mass is 79.9. The van der Waals surface area contributed by atoms with Crippen LogP contribution >= 0.6 is 15.9 Å². The minimum absolute atomic E-state index is 0.137. The van der Waals surface area contributed by atoms with Crippen LogP contribution in [0.3, 0.4) is 0 Å². The highest BCUT2D eigenvalue weighted by Gasteiger charge is 2.24. The summed E-state index contributed by atoms with van der Waals surface area (Å²) in [6, 6.07) is 0. The molecule has 4 rings (SSSR count). The Morgan fingerprint density at radius 3 is 2.96 bits per heavy atom. The van der Waals surface area contributed by atoms with Gasteiger partial charge in [-0.2, -0.15) is 14.7 Å². The molecule has 1 saturated heterocycles. The first-order valence-corrected chi connectivity index (χ1v) is 8.08. The molecule has 4 heterocycles. The van der Waals surface area contributed by atoms with Crippen LogP contribution in [-0.4, -0.2) is 44.1 Å². The van der Waals surface area contributed by atoms with Gasteiger partial charge in [0.2, 0.25) is 0 Å². The summed E-state index contributed by atoms with van der Waals surface area (Å²) in [4.78, 5) is 4.78. The maximum atomic E-state index is 6.24. The Bertz CT molecular complexity index is 866. The Morgan fingerprint density at radius 1 is 1.39 bits per heavy atom. The minimum atomic E-state index is -0.137. The Balaban J connectivity index is 1.89. The standard InChI is InChI=1S/C14H16BrN7O/c1-21-7-8(4-18-21)9-5-19-22-13(16)11(15)12(20-14(9)22)10-6-17-2-3-23-10/h4-5,7,10,17H,2-3,6,16H2,1H3/t10-/m1/s1. The summed E-state index contributed by atoms with van der Waals surface area (Å²) >= 11 is 3.53. The van der Waals surface area contributed by atoms with Gasteiger partial charge in [-0.05, 0) is 15.9 Å². The summed E-state index contributed by atoms with van der Waals surface area (Å²) in [7, 11) is 1.88. The van der Waals surface area contributed by atoms with E-state index in [1.165, 1.54) is 0 Å². The van der Waals surface area contributed by atoms with E-state index in [4.69, 9.17) is 15.5 Å². The number of nitrogen functional groups attached to an aromatic ring is 1. The third-order valence-corrected chi connectivity index (χ3v) is 4.71. The van der Waals surface area contributed by atoms with Crippen LogP contribution in [0.4, 0.5) is 5.82 Å². The number of hydrogen-bond acceptors (Lipinski definition) is 6. The monoisotopic (exact) mass is 377 g/mol. The van der Waals surface area contributed by atoms with Gasteiger partial charge in [-0.3, -0.25) is 4.68 Å². The zero-order valence-electron chi connectivity index (χ0n) is 12.5. The summed E-state index contributed by atoms with van der Waals surface area (Å²) in [6.07, 6.45) is 5.33. The second-order valence-electron chi connectivity index (χ2n) is 5.46. The maximum absolute atomic E-state index is 6.24. The first-order chi connectivity index (χ1) is 11.1. The number of anilines is 1. The fourth-order valence-electron chi connectivity index (χ4n) is 2.73. The van der Waals surface area contributed by atoms with Crippen LogP contribution in [0.25, 0.3) is 16.8 Å². The third-order valence-electron chi connectivity index (χ3n) is 3.90. The summed E-state index contributed by atoms with van der Waals surface area (Å²) < 4.78 is 9.92. The summed E-state index contributed by atoms with van der Waals surface area (Å²) in [5, 5.41) is 11.9. The van der Waals surface area contributed by atoms with Crippen LogP contribution in [-0.2, 0) is 11.8 Å². The van der Waals surface area contributed by atoms with Gasteiger partial charge in [-0.1, -0.05) is 0 Å². The molecule has 1 atom stereocenters. The Labute approximate surface area is 140 Å². The molecule has 0 unspecified atom stereocenters. The lowest BCUT2D eigenvalue weighted by molar-refractivity contribution is 0.0247. The first-order valence-electron chi connectivity index (χ1n) is 7.29. The average Bonchev–Trinajstić information content (AvgIpc) is 3.17. The van der Waals surface area contributed by atoms with Crippen LogP contribution in [0.2, 0.25) is 0 Å². The molecule has 8 nitrogen and oxygen atoms in total. The normalized spacial score (nSPS) is 18.6. The molecule has 0 bridgehead atoms. The average molecular weight is 378 g/mol. The van der Waals surface area contributed by atoms with E-state index < -0.39 is 0 Å². The molecule has 3 aromatic heterocycles. The van der Waals surface area contributed by atoms with E-state index in [1.807, 2.05) is 13.2 Å². The molecule has 0 amide bonds. The predicted molar refractivity (Wildman–Crippen MR) is 88.9 cm³/mol. The SMILES string of the molecule is Cn1cc(-c2cnn3c(N)c(Br)c([C@H]4CNCCO4)nc23)cn1. The van der Waals surface area contributed by atoms with Crippen molar-refractivity contribution in [2.24, 2.45) is 7.05 Å². The van der Waals surface area contributed by atoms with Crippen LogP contribution in [0.1, 0.15) is 11.8 Å². The molecule has 3 aromatic rings.